The van der Waals surface area contributed by atoms with E-state index in [1.165, 1.54) is 38.3 Å². The molecule has 2 aromatic rings. The molecule has 23 heavy (non-hydrogen) atoms. The molecule has 0 saturated heterocycles. The number of ether oxygens (including phenoxy) is 1. The molecule has 4 nitrogen and oxygen atoms in total. The van der Waals surface area contributed by atoms with Crippen molar-refractivity contribution in [3.63, 3.8) is 0 Å². The van der Waals surface area contributed by atoms with Gasteiger partial charge in [0.25, 0.3) is 0 Å². The minimum absolute atomic E-state index is 0.00649. The second kappa shape index (κ2) is 7.16. The molecule has 0 aliphatic carbocycles. The van der Waals surface area contributed by atoms with E-state index in [0.29, 0.717) is 11.1 Å². The predicted octanol–water partition coefficient (Wildman–Crippen LogP) is 2.94. The Labute approximate surface area is 134 Å². The first-order chi connectivity index (χ1) is 10.8. The number of hydrogen-bond acceptors (Lipinski definition) is 3. The number of sulfonamides is 1. The Morgan fingerprint density at radius 2 is 1.83 bits per heavy atom. The molecule has 7 heteroatoms. The molecule has 1 N–H and O–H groups in total. The maximum Gasteiger partial charge on any atom is 0.240 e. The summed E-state index contributed by atoms with van der Waals surface area (Å²) in [6.07, 6.45) is -0.638. The third-order valence-corrected chi connectivity index (χ3v) is 4.97. The molecule has 0 amide bonds. The fourth-order valence-electron chi connectivity index (χ4n) is 2.22. The smallest absolute Gasteiger partial charge is 0.240 e. The molecular weight excluding hydrogens is 324 g/mol. The third kappa shape index (κ3) is 4.34. The molecule has 0 radical (unpaired) electrons. The van der Waals surface area contributed by atoms with Crippen LogP contribution in [0, 0.1) is 18.6 Å². The van der Waals surface area contributed by atoms with E-state index in [-0.39, 0.29) is 11.4 Å². The largest absolute Gasteiger partial charge is 0.375 e. The van der Waals surface area contributed by atoms with Crippen LogP contribution in [0.3, 0.4) is 0 Å². The summed E-state index contributed by atoms with van der Waals surface area (Å²) in [7, 11) is -2.41. The number of hydrogen-bond donors (Lipinski definition) is 1. The van der Waals surface area contributed by atoms with E-state index in [2.05, 4.69) is 4.72 Å². The average molecular weight is 341 g/mol. The van der Waals surface area contributed by atoms with Crippen molar-refractivity contribution in [2.45, 2.75) is 17.9 Å². The molecule has 2 rings (SSSR count). The van der Waals surface area contributed by atoms with Crippen LogP contribution >= 0.6 is 0 Å². The fraction of sp³-hybridized carbons (Fsp3) is 0.250. The molecule has 0 unspecified atom stereocenters. The summed E-state index contributed by atoms with van der Waals surface area (Å²) >= 11 is 0. The molecule has 0 saturated carbocycles. The highest BCUT2D eigenvalue weighted by molar-refractivity contribution is 7.89. The van der Waals surface area contributed by atoms with Gasteiger partial charge >= 0.3 is 0 Å². The van der Waals surface area contributed by atoms with Gasteiger partial charge in [-0.25, -0.2) is 21.9 Å². The summed E-state index contributed by atoms with van der Waals surface area (Å²) in [4.78, 5) is -0.00649. The average Bonchev–Trinajstić information content (AvgIpc) is 2.47. The normalized spacial score (nSPS) is 13.0. The summed E-state index contributed by atoms with van der Waals surface area (Å²) in [5.74, 6) is -0.933. The van der Waals surface area contributed by atoms with Gasteiger partial charge in [0.1, 0.15) is 11.6 Å². The molecular formula is C16H17F2NO3S. The Morgan fingerprint density at radius 3 is 2.43 bits per heavy atom. The Balaban J connectivity index is 2.17. The number of rotatable bonds is 6. The zero-order valence-corrected chi connectivity index (χ0v) is 13.5. The number of methoxy groups -OCH3 is 1. The first-order valence-electron chi connectivity index (χ1n) is 6.87. The molecule has 0 spiro atoms. The number of nitrogens with one attached hydrogen (secondary N) is 1. The number of benzene rings is 2. The zero-order valence-electron chi connectivity index (χ0n) is 12.7. The monoisotopic (exact) mass is 341 g/mol. The lowest BCUT2D eigenvalue weighted by molar-refractivity contribution is 0.107. The van der Waals surface area contributed by atoms with E-state index in [0.717, 1.165) is 12.1 Å². The molecule has 0 bridgehead atoms. The quantitative estimate of drug-likeness (QED) is 0.879. The lowest BCUT2D eigenvalue weighted by atomic mass is 10.1. The Bertz CT molecular complexity index is 794. The van der Waals surface area contributed by atoms with E-state index < -0.39 is 27.8 Å². The zero-order chi connectivity index (χ0) is 17.0. The second-order valence-electron chi connectivity index (χ2n) is 5.04. The summed E-state index contributed by atoms with van der Waals surface area (Å²) in [5.41, 5.74) is 0.822. The van der Waals surface area contributed by atoms with E-state index in [9.17, 15) is 17.2 Å². The van der Waals surface area contributed by atoms with E-state index >= 15 is 0 Å². The highest BCUT2D eigenvalue weighted by Crippen LogP contribution is 2.19. The maximum absolute atomic E-state index is 13.3. The Hall–Kier alpha value is -1.83. The summed E-state index contributed by atoms with van der Waals surface area (Å²) in [6, 6.07) is 9.19. The molecule has 124 valence electrons. The van der Waals surface area contributed by atoms with Gasteiger partial charge in [-0.3, -0.25) is 0 Å². The van der Waals surface area contributed by atoms with Crippen LogP contribution < -0.4 is 4.72 Å². The van der Waals surface area contributed by atoms with Crippen molar-refractivity contribution in [2.75, 3.05) is 13.7 Å². The molecule has 1 atom stereocenters. The lowest BCUT2D eigenvalue weighted by Gasteiger charge is -2.17. The summed E-state index contributed by atoms with van der Waals surface area (Å²) in [6.45, 7) is 1.44. The van der Waals surface area contributed by atoms with E-state index in [4.69, 9.17) is 4.74 Å². The second-order valence-corrected chi connectivity index (χ2v) is 6.78. The number of aryl methyl sites for hydroxylation is 1. The highest BCUT2D eigenvalue weighted by Gasteiger charge is 2.20. The summed E-state index contributed by atoms with van der Waals surface area (Å²) < 4.78 is 58.6. The topological polar surface area (TPSA) is 55.4 Å². The van der Waals surface area contributed by atoms with E-state index in [1.54, 1.807) is 6.07 Å². The SMILES string of the molecule is CO[C@H](CNS(=O)(=O)c1ccc(F)cc1C)c1cccc(F)c1. The molecule has 0 heterocycles. The first kappa shape index (κ1) is 17.5. The van der Waals surface area contributed by atoms with Crippen LogP contribution in [0.1, 0.15) is 17.2 Å². The van der Waals surface area contributed by atoms with Crippen LogP contribution in [0.25, 0.3) is 0 Å². The van der Waals surface area contributed by atoms with Crippen LogP contribution in [0.2, 0.25) is 0 Å². The van der Waals surface area contributed by atoms with Crippen molar-refractivity contribution in [2.24, 2.45) is 0 Å². The van der Waals surface area contributed by atoms with Gasteiger partial charge < -0.3 is 4.74 Å². The van der Waals surface area contributed by atoms with Gasteiger partial charge in [-0.1, -0.05) is 12.1 Å². The van der Waals surface area contributed by atoms with Gasteiger partial charge in [0.05, 0.1) is 11.0 Å². The van der Waals surface area contributed by atoms with Crippen LogP contribution in [0.4, 0.5) is 8.78 Å². The van der Waals surface area contributed by atoms with Gasteiger partial charge in [-0.2, -0.15) is 0 Å². The van der Waals surface area contributed by atoms with E-state index in [1.807, 2.05) is 0 Å². The van der Waals surface area contributed by atoms with Crippen molar-refractivity contribution in [1.82, 2.24) is 4.72 Å². The highest BCUT2D eigenvalue weighted by atomic mass is 32.2. The van der Waals surface area contributed by atoms with Gasteiger partial charge in [0.15, 0.2) is 0 Å². The summed E-state index contributed by atoms with van der Waals surface area (Å²) in [5, 5.41) is 0. The molecule has 0 fully saturated rings. The maximum atomic E-state index is 13.3. The van der Waals surface area contributed by atoms with Gasteiger partial charge in [-0.15, -0.1) is 0 Å². The van der Waals surface area contributed by atoms with Crippen LogP contribution in [0.15, 0.2) is 47.4 Å². The molecule has 0 aliphatic rings. The van der Waals surface area contributed by atoms with Crippen molar-refractivity contribution in [3.8, 4) is 0 Å². The molecule has 0 aliphatic heterocycles. The van der Waals surface area contributed by atoms with Crippen LogP contribution in [-0.2, 0) is 14.8 Å². The van der Waals surface area contributed by atoms with Gasteiger partial charge in [0.2, 0.25) is 10.0 Å². The standard InChI is InChI=1S/C16H17F2NO3S/c1-11-8-14(18)6-7-16(11)23(20,21)19-10-15(22-2)12-4-3-5-13(17)9-12/h3-9,15,19H,10H2,1-2H3/t15-/m1/s1. The number of halogens is 2. The lowest BCUT2D eigenvalue weighted by Crippen LogP contribution is -2.29. The minimum atomic E-state index is -3.82. The molecule has 2 aromatic carbocycles. The van der Waals surface area contributed by atoms with Gasteiger partial charge in [0, 0.05) is 13.7 Å². The van der Waals surface area contributed by atoms with Crippen molar-refractivity contribution >= 4 is 10.0 Å². The Morgan fingerprint density at radius 1 is 1.13 bits per heavy atom. The van der Waals surface area contributed by atoms with Crippen molar-refractivity contribution < 1.29 is 21.9 Å². The van der Waals surface area contributed by atoms with Crippen molar-refractivity contribution in [1.29, 1.82) is 0 Å². The van der Waals surface area contributed by atoms with Crippen LogP contribution in [0.5, 0.6) is 0 Å². The molecule has 0 aromatic heterocycles. The minimum Gasteiger partial charge on any atom is -0.375 e. The Kier molecular flexibility index (Phi) is 5.46. The fourth-order valence-corrected chi connectivity index (χ4v) is 3.48. The third-order valence-electron chi connectivity index (χ3n) is 3.39. The van der Waals surface area contributed by atoms with Crippen LogP contribution in [-0.4, -0.2) is 22.1 Å². The van der Waals surface area contributed by atoms with Crippen molar-refractivity contribution in [3.05, 3.63) is 65.2 Å². The predicted molar refractivity (Wildman–Crippen MR) is 82.5 cm³/mol. The first-order valence-corrected chi connectivity index (χ1v) is 8.36. The van der Waals surface area contributed by atoms with Gasteiger partial charge in [-0.05, 0) is 48.4 Å².